The molecule has 0 saturated carbocycles. The molecule has 2 fully saturated rings. The van der Waals surface area contributed by atoms with Crippen molar-refractivity contribution in [3.8, 4) is 0 Å². The summed E-state index contributed by atoms with van der Waals surface area (Å²) < 4.78 is 5.75. The minimum atomic E-state index is 0.421. The van der Waals surface area contributed by atoms with Gasteiger partial charge in [0.05, 0.1) is 12.7 Å². The van der Waals surface area contributed by atoms with Gasteiger partial charge in [-0.2, -0.15) is 0 Å². The predicted octanol–water partition coefficient (Wildman–Crippen LogP) is 1.34. The van der Waals surface area contributed by atoms with Crippen LogP contribution < -0.4 is 5.32 Å². The first-order valence-corrected chi connectivity index (χ1v) is 6.80. The fourth-order valence-electron chi connectivity index (χ4n) is 2.83. The molecule has 0 bridgehead atoms. The highest BCUT2D eigenvalue weighted by atomic mass is 16.5. The van der Waals surface area contributed by atoms with Crippen LogP contribution in [0.5, 0.6) is 0 Å². The van der Waals surface area contributed by atoms with Gasteiger partial charge in [0, 0.05) is 19.6 Å². The van der Waals surface area contributed by atoms with E-state index in [1.807, 2.05) is 0 Å². The van der Waals surface area contributed by atoms with Crippen molar-refractivity contribution in [1.82, 2.24) is 10.2 Å². The van der Waals surface area contributed by atoms with E-state index in [0.717, 1.165) is 38.1 Å². The summed E-state index contributed by atoms with van der Waals surface area (Å²) in [5.41, 5.74) is 0. The first-order valence-electron chi connectivity index (χ1n) is 6.80. The number of likely N-dealkylation sites (tertiary alicyclic amines) is 1. The highest BCUT2D eigenvalue weighted by Gasteiger charge is 2.24. The maximum absolute atomic E-state index is 5.75. The lowest BCUT2D eigenvalue weighted by Crippen LogP contribution is -2.47. The average Bonchev–Trinajstić information content (AvgIpc) is 2.31. The smallest absolute Gasteiger partial charge is 0.0826 e. The molecular formula is C13H26N2O. The summed E-state index contributed by atoms with van der Waals surface area (Å²) in [4.78, 5) is 2.58. The molecule has 0 radical (unpaired) electrons. The topological polar surface area (TPSA) is 24.5 Å². The molecule has 0 amide bonds. The van der Waals surface area contributed by atoms with Crippen LogP contribution in [0.1, 0.15) is 26.7 Å². The number of nitrogens with one attached hydrogen (secondary N) is 1. The molecule has 0 aromatic carbocycles. The summed E-state index contributed by atoms with van der Waals surface area (Å²) >= 11 is 0. The van der Waals surface area contributed by atoms with Crippen LogP contribution in [0.2, 0.25) is 0 Å². The Morgan fingerprint density at radius 3 is 2.62 bits per heavy atom. The number of morpholine rings is 1. The van der Waals surface area contributed by atoms with Crippen LogP contribution in [-0.4, -0.2) is 50.3 Å². The van der Waals surface area contributed by atoms with E-state index in [9.17, 15) is 0 Å². The lowest BCUT2D eigenvalue weighted by atomic mass is 9.86. The van der Waals surface area contributed by atoms with Gasteiger partial charge in [0.1, 0.15) is 0 Å². The molecule has 3 heteroatoms. The lowest BCUT2D eigenvalue weighted by molar-refractivity contribution is -0.00214. The molecular weight excluding hydrogens is 200 g/mol. The maximum Gasteiger partial charge on any atom is 0.0826 e. The van der Waals surface area contributed by atoms with E-state index in [2.05, 4.69) is 24.1 Å². The fourth-order valence-corrected chi connectivity index (χ4v) is 2.83. The zero-order valence-electron chi connectivity index (χ0n) is 10.7. The van der Waals surface area contributed by atoms with Crippen molar-refractivity contribution in [2.75, 3.05) is 39.3 Å². The zero-order valence-corrected chi connectivity index (χ0v) is 10.7. The van der Waals surface area contributed by atoms with E-state index < -0.39 is 0 Å². The van der Waals surface area contributed by atoms with Gasteiger partial charge < -0.3 is 15.0 Å². The highest BCUT2D eigenvalue weighted by Crippen LogP contribution is 2.24. The van der Waals surface area contributed by atoms with Gasteiger partial charge in [-0.25, -0.2) is 0 Å². The molecule has 2 heterocycles. The molecule has 2 aliphatic heterocycles. The third kappa shape index (κ3) is 3.44. The Balaban J connectivity index is 1.68. The number of piperidine rings is 1. The fraction of sp³-hybridized carbons (Fsp3) is 1.00. The van der Waals surface area contributed by atoms with Crippen molar-refractivity contribution in [3.05, 3.63) is 0 Å². The zero-order chi connectivity index (χ0) is 11.4. The SMILES string of the molecule is CC(C)C1CCN(CC2CNCCO2)CC1. The van der Waals surface area contributed by atoms with Crippen molar-refractivity contribution in [3.63, 3.8) is 0 Å². The molecule has 0 spiro atoms. The van der Waals surface area contributed by atoms with Crippen molar-refractivity contribution < 1.29 is 4.74 Å². The Morgan fingerprint density at radius 2 is 2.06 bits per heavy atom. The number of rotatable bonds is 3. The first kappa shape index (κ1) is 12.3. The predicted molar refractivity (Wildman–Crippen MR) is 66.6 cm³/mol. The van der Waals surface area contributed by atoms with E-state index in [1.54, 1.807) is 0 Å². The van der Waals surface area contributed by atoms with Gasteiger partial charge in [0.25, 0.3) is 0 Å². The molecule has 2 saturated heterocycles. The Morgan fingerprint density at radius 1 is 1.31 bits per heavy atom. The van der Waals surface area contributed by atoms with Crippen molar-refractivity contribution >= 4 is 0 Å². The Hall–Kier alpha value is -0.120. The van der Waals surface area contributed by atoms with Crippen molar-refractivity contribution in [1.29, 1.82) is 0 Å². The summed E-state index contributed by atoms with van der Waals surface area (Å²) in [6.45, 7) is 11.3. The van der Waals surface area contributed by atoms with Gasteiger partial charge in [-0.15, -0.1) is 0 Å². The van der Waals surface area contributed by atoms with Gasteiger partial charge in [0.15, 0.2) is 0 Å². The standard InChI is InChI=1S/C13H26N2O/c1-11(2)12-3-6-15(7-4-12)10-13-9-14-5-8-16-13/h11-14H,3-10H2,1-2H3. The molecule has 1 N–H and O–H groups in total. The summed E-state index contributed by atoms with van der Waals surface area (Å²) in [6, 6.07) is 0. The van der Waals surface area contributed by atoms with Gasteiger partial charge >= 0.3 is 0 Å². The van der Waals surface area contributed by atoms with Gasteiger partial charge in [0.2, 0.25) is 0 Å². The van der Waals surface area contributed by atoms with Gasteiger partial charge in [-0.1, -0.05) is 13.8 Å². The van der Waals surface area contributed by atoms with E-state index in [4.69, 9.17) is 4.74 Å². The van der Waals surface area contributed by atoms with E-state index in [1.165, 1.54) is 25.9 Å². The molecule has 0 aliphatic carbocycles. The van der Waals surface area contributed by atoms with Crippen LogP contribution in [0, 0.1) is 11.8 Å². The van der Waals surface area contributed by atoms with Gasteiger partial charge in [-0.05, 0) is 37.8 Å². The Bertz CT molecular complexity index is 194. The molecule has 3 nitrogen and oxygen atoms in total. The van der Waals surface area contributed by atoms with Crippen LogP contribution in [-0.2, 0) is 4.74 Å². The van der Waals surface area contributed by atoms with Gasteiger partial charge in [-0.3, -0.25) is 0 Å². The summed E-state index contributed by atoms with van der Waals surface area (Å²) in [5, 5.41) is 3.40. The maximum atomic E-state index is 5.75. The molecule has 0 aromatic heterocycles. The monoisotopic (exact) mass is 226 g/mol. The normalized spacial score (nSPS) is 29.8. The second-order valence-corrected chi connectivity index (χ2v) is 5.58. The first-order chi connectivity index (χ1) is 7.75. The van der Waals surface area contributed by atoms with Crippen molar-refractivity contribution in [2.24, 2.45) is 11.8 Å². The Kier molecular flexibility index (Phi) is 4.62. The summed E-state index contributed by atoms with van der Waals surface area (Å²) in [6.07, 6.45) is 3.17. The molecule has 16 heavy (non-hydrogen) atoms. The van der Waals surface area contributed by atoms with Crippen LogP contribution in [0.25, 0.3) is 0 Å². The number of ether oxygens (including phenoxy) is 1. The second kappa shape index (κ2) is 5.99. The second-order valence-electron chi connectivity index (χ2n) is 5.58. The lowest BCUT2D eigenvalue weighted by Gasteiger charge is -2.36. The minimum absolute atomic E-state index is 0.421. The molecule has 2 rings (SSSR count). The van der Waals surface area contributed by atoms with Crippen LogP contribution in [0.15, 0.2) is 0 Å². The Labute approximate surface area is 99.5 Å². The van der Waals surface area contributed by atoms with E-state index in [0.29, 0.717) is 6.10 Å². The molecule has 0 aromatic rings. The molecule has 94 valence electrons. The van der Waals surface area contributed by atoms with Crippen LogP contribution in [0.3, 0.4) is 0 Å². The van der Waals surface area contributed by atoms with E-state index >= 15 is 0 Å². The molecule has 1 atom stereocenters. The third-order valence-electron chi connectivity index (χ3n) is 4.04. The third-order valence-corrected chi connectivity index (χ3v) is 4.04. The number of hydrogen-bond acceptors (Lipinski definition) is 3. The number of hydrogen-bond donors (Lipinski definition) is 1. The molecule has 1 unspecified atom stereocenters. The van der Waals surface area contributed by atoms with Crippen molar-refractivity contribution in [2.45, 2.75) is 32.8 Å². The number of nitrogens with zero attached hydrogens (tertiary/aromatic N) is 1. The minimum Gasteiger partial charge on any atom is -0.374 e. The average molecular weight is 226 g/mol. The summed E-state index contributed by atoms with van der Waals surface area (Å²) in [5.74, 6) is 1.80. The van der Waals surface area contributed by atoms with Crippen LogP contribution >= 0.6 is 0 Å². The summed E-state index contributed by atoms with van der Waals surface area (Å²) in [7, 11) is 0. The van der Waals surface area contributed by atoms with Crippen LogP contribution in [0.4, 0.5) is 0 Å². The molecule has 2 aliphatic rings. The quantitative estimate of drug-likeness (QED) is 0.786. The highest BCUT2D eigenvalue weighted by molar-refractivity contribution is 4.78. The van der Waals surface area contributed by atoms with E-state index in [-0.39, 0.29) is 0 Å². The largest absolute Gasteiger partial charge is 0.374 e.